The average molecular weight is 409 g/mol. The first-order valence-electron chi connectivity index (χ1n) is 12.1. The van der Waals surface area contributed by atoms with E-state index in [1.807, 2.05) is 0 Å². The Labute approximate surface area is 179 Å². The third-order valence-corrected chi connectivity index (χ3v) is 8.45. The van der Waals surface area contributed by atoms with Crippen molar-refractivity contribution in [1.82, 2.24) is 0 Å². The predicted molar refractivity (Wildman–Crippen MR) is 121 cm³/mol. The molecule has 28 heavy (non-hydrogen) atoms. The lowest BCUT2D eigenvalue weighted by atomic mass is 9.73. The van der Waals surface area contributed by atoms with Crippen LogP contribution >= 0.6 is 11.6 Å². The molecule has 1 heterocycles. The average Bonchev–Trinajstić information content (AvgIpc) is 3.19. The highest BCUT2D eigenvalue weighted by atomic mass is 35.5. The summed E-state index contributed by atoms with van der Waals surface area (Å²) < 4.78 is 13.3. The number of allylic oxidation sites excluding steroid dienone is 1. The molecule has 0 aromatic carbocycles. The zero-order valence-electron chi connectivity index (χ0n) is 18.5. The van der Waals surface area contributed by atoms with Gasteiger partial charge in [0.2, 0.25) is 0 Å². The molecule has 3 aliphatic rings. The number of halogens is 1. The van der Waals surface area contributed by atoms with Crippen molar-refractivity contribution >= 4 is 18.7 Å². The molecule has 2 aliphatic carbocycles. The second-order valence-corrected chi connectivity index (χ2v) is 10.4. The van der Waals surface area contributed by atoms with Crippen LogP contribution in [0, 0.1) is 23.7 Å². The molecule has 0 aromatic heterocycles. The van der Waals surface area contributed by atoms with Gasteiger partial charge in [0.15, 0.2) is 0 Å². The van der Waals surface area contributed by atoms with Gasteiger partial charge in [-0.05, 0) is 62.2 Å². The van der Waals surface area contributed by atoms with Crippen LogP contribution in [0.3, 0.4) is 0 Å². The highest BCUT2D eigenvalue weighted by molar-refractivity contribution is 6.59. The fraction of sp³-hybridized carbons (Fsp3) is 0.917. The number of hydrogen-bond acceptors (Lipinski definition) is 2. The maximum absolute atomic E-state index is 6.96. The predicted octanol–water partition coefficient (Wildman–Crippen LogP) is 7.19. The van der Waals surface area contributed by atoms with E-state index in [2.05, 4.69) is 27.4 Å². The lowest BCUT2D eigenvalue weighted by molar-refractivity contribution is 0.0324. The summed E-state index contributed by atoms with van der Waals surface area (Å²) in [6.07, 6.45) is 16.0. The lowest BCUT2D eigenvalue weighted by Gasteiger charge is -2.35. The van der Waals surface area contributed by atoms with Gasteiger partial charge in [-0.1, -0.05) is 71.4 Å². The SMILES string of the molecule is C=C(CC)[C@@H](C)C[C@H](C)[C@@H](Cl)B1O[C@H](C2CCCCC2)[C@@H](C2CCCCC2)O1. The maximum Gasteiger partial charge on any atom is 0.476 e. The first-order chi connectivity index (χ1) is 13.5. The van der Waals surface area contributed by atoms with Gasteiger partial charge in [-0.25, -0.2) is 0 Å². The maximum atomic E-state index is 6.96. The van der Waals surface area contributed by atoms with E-state index < -0.39 is 0 Å². The summed E-state index contributed by atoms with van der Waals surface area (Å²) in [5.41, 5.74) is 1.32. The normalized spacial score (nSPS) is 30.9. The molecule has 2 nitrogen and oxygen atoms in total. The highest BCUT2D eigenvalue weighted by Crippen LogP contribution is 2.42. The van der Waals surface area contributed by atoms with E-state index in [1.54, 1.807) is 0 Å². The van der Waals surface area contributed by atoms with Crippen LogP contribution in [0.5, 0.6) is 0 Å². The van der Waals surface area contributed by atoms with Gasteiger partial charge >= 0.3 is 7.12 Å². The molecule has 0 aromatic rings. The molecule has 0 amide bonds. The van der Waals surface area contributed by atoms with Gasteiger partial charge in [0.25, 0.3) is 0 Å². The summed E-state index contributed by atoms with van der Waals surface area (Å²) in [5, 5.41) is -0.0770. The largest absolute Gasteiger partial charge is 0.476 e. The number of hydrogen-bond donors (Lipinski definition) is 0. The Bertz CT molecular complexity index is 461. The Morgan fingerprint density at radius 2 is 1.39 bits per heavy atom. The molecule has 1 aliphatic heterocycles. The van der Waals surface area contributed by atoms with Crippen molar-refractivity contribution in [2.75, 3.05) is 0 Å². The fourth-order valence-corrected chi connectivity index (χ4v) is 6.02. The van der Waals surface area contributed by atoms with Crippen molar-refractivity contribution in [2.24, 2.45) is 23.7 Å². The van der Waals surface area contributed by atoms with Crippen LogP contribution < -0.4 is 0 Å². The fourth-order valence-electron chi connectivity index (χ4n) is 5.80. The second kappa shape index (κ2) is 10.9. The molecule has 0 unspecified atom stereocenters. The molecule has 0 bridgehead atoms. The van der Waals surface area contributed by atoms with Crippen molar-refractivity contribution in [3.8, 4) is 0 Å². The summed E-state index contributed by atoms with van der Waals surface area (Å²) in [7, 11) is -0.238. The molecule has 3 fully saturated rings. The third kappa shape index (κ3) is 5.58. The monoisotopic (exact) mass is 408 g/mol. The summed E-state index contributed by atoms with van der Waals surface area (Å²) in [6.45, 7) is 10.9. The molecule has 160 valence electrons. The molecule has 0 N–H and O–H groups in total. The lowest BCUT2D eigenvalue weighted by Crippen LogP contribution is -2.38. The van der Waals surface area contributed by atoms with E-state index in [-0.39, 0.29) is 24.6 Å². The molecular weight excluding hydrogens is 367 g/mol. The molecule has 3 rings (SSSR count). The number of rotatable bonds is 8. The number of alkyl halides is 1. The summed E-state index contributed by atoms with van der Waals surface area (Å²) in [5.74, 6) is 2.21. The zero-order chi connectivity index (χ0) is 20.1. The Hall–Kier alpha value is 0.0149. The van der Waals surface area contributed by atoms with Crippen LogP contribution in [0.1, 0.15) is 97.8 Å². The van der Waals surface area contributed by atoms with Gasteiger partial charge in [-0.2, -0.15) is 0 Å². The molecule has 5 atom stereocenters. The minimum Gasteiger partial charge on any atom is -0.404 e. The van der Waals surface area contributed by atoms with Crippen LogP contribution in [0.4, 0.5) is 0 Å². The third-order valence-electron chi connectivity index (χ3n) is 7.82. The molecule has 4 heteroatoms. The Kier molecular flexibility index (Phi) is 8.81. The molecule has 2 saturated carbocycles. The van der Waals surface area contributed by atoms with Crippen molar-refractivity contribution in [2.45, 2.75) is 115 Å². The molecule has 0 spiro atoms. The molecule has 1 saturated heterocycles. The van der Waals surface area contributed by atoms with E-state index in [0.29, 0.717) is 23.7 Å². The minimum atomic E-state index is -0.238. The van der Waals surface area contributed by atoms with Gasteiger partial charge in [0.05, 0.1) is 17.5 Å². The zero-order valence-corrected chi connectivity index (χ0v) is 19.3. The standard InChI is InChI=1S/C24H42BClO2/c1-5-17(2)18(3)16-19(4)24(26)25-27-22(20-12-8-6-9-13-20)23(28-25)21-14-10-7-11-15-21/h18-24H,2,5-16H2,1,3-4H3/t18-,19-,22+,23+,24+/m0/s1. The Morgan fingerprint density at radius 1 is 0.929 bits per heavy atom. The van der Waals surface area contributed by atoms with Crippen LogP contribution in [-0.2, 0) is 9.31 Å². The highest BCUT2D eigenvalue weighted by Gasteiger charge is 2.50. The van der Waals surface area contributed by atoms with Gasteiger partial charge in [-0.3, -0.25) is 0 Å². The summed E-state index contributed by atoms with van der Waals surface area (Å²) >= 11 is 6.96. The topological polar surface area (TPSA) is 18.5 Å². The van der Waals surface area contributed by atoms with Gasteiger partial charge < -0.3 is 9.31 Å². The van der Waals surface area contributed by atoms with Gasteiger partial charge in [0, 0.05) is 0 Å². The molecular formula is C24H42BClO2. The van der Waals surface area contributed by atoms with Crippen LogP contribution in [0.2, 0.25) is 0 Å². The summed E-state index contributed by atoms with van der Waals surface area (Å²) in [6, 6.07) is 0. The van der Waals surface area contributed by atoms with Crippen LogP contribution in [-0.4, -0.2) is 24.6 Å². The van der Waals surface area contributed by atoms with Crippen molar-refractivity contribution in [3.63, 3.8) is 0 Å². The quantitative estimate of drug-likeness (QED) is 0.240. The van der Waals surface area contributed by atoms with E-state index in [0.717, 1.165) is 12.8 Å². The van der Waals surface area contributed by atoms with Crippen LogP contribution in [0.25, 0.3) is 0 Å². The van der Waals surface area contributed by atoms with Crippen LogP contribution in [0.15, 0.2) is 12.2 Å². The van der Waals surface area contributed by atoms with E-state index >= 15 is 0 Å². The first kappa shape index (κ1) is 22.7. The van der Waals surface area contributed by atoms with Gasteiger partial charge in [0.1, 0.15) is 0 Å². The minimum absolute atomic E-state index is 0.0770. The van der Waals surface area contributed by atoms with Crippen molar-refractivity contribution in [3.05, 3.63) is 12.2 Å². The smallest absolute Gasteiger partial charge is 0.404 e. The summed E-state index contributed by atoms with van der Waals surface area (Å²) in [4.78, 5) is 0. The van der Waals surface area contributed by atoms with Crippen molar-refractivity contribution in [1.29, 1.82) is 0 Å². The van der Waals surface area contributed by atoms with E-state index in [1.165, 1.54) is 69.8 Å². The van der Waals surface area contributed by atoms with E-state index in [4.69, 9.17) is 20.9 Å². The second-order valence-electron chi connectivity index (χ2n) is 9.94. The van der Waals surface area contributed by atoms with E-state index in [9.17, 15) is 0 Å². The first-order valence-corrected chi connectivity index (χ1v) is 12.6. The Balaban J connectivity index is 1.65. The Morgan fingerprint density at radius 3 is 1.82 bits per heavy atom. The van der Waals surface area contributed by atoms with Crippen molar-refractivity contribution < 1.29 is 9.31 Å². The van der Waals surface area contributed by atoms with Gasteiger partial charge in [-0.15, -0.1) is 11.6 Å². The molecule has 0 radical (unpaired) electrons.